The third kappa shape index (κ3) is 2.70. The maximum atomic E-state index is 10.8. The fourth-order valence-corrected chi connectivity index (χ4v) is 4.39. The summed E-state index contributed by atoms with van der Waals surface area (Å²) >= 11 is 1.67. The molecule has 3 atom stereocenters. The number of thioether (sulfide) groups is 1. The number of carboxylic acids is 1. The fourth-order valence-electron chi connectivity index (χ4n) is 3.25. The number of carboxylic acid groups (broad SMARTS) is 1. The highest BCUT2D eigenvalue weighted by Gasteiger charge is 2.38. The molecule has 3 rings (SSSR count). The van der Waals surface area contributed by atoms with Gasteiger partial charge in [0.15, 0.2) is 0 Å². The number of aliphatic carboxylic acids is 1. The quantitative estimate of drug-likeness (QED) is 0.835. The zero-order valence-electron chi connectivity index (χ0n) is 11.7. The molecular formula is C18H18O2S. The fraction of sp³-hybridized carbons (Fsp3) is 0.278. The van der Waals surface area contributed by atoms with Gasteiger partial charge in [0, 0.05) is 28.9 Å². The van der Waals surface area contributed by atoms with E-state index in [1.54, 1.807) is 11.8 Å². The summed E-state index contributed by atoms with van der Waals surface area (Å²) in [5, 5.41) is 8.89. The van der Waals surface area contributed by atoms with Gasteiger partial charge in [0.2, 0.25) is 0 Å². The van der Waals surface area contributed by atoms with E-state index in [-0.39, 0.29) is 5.57 Å². The minimum atomic E-state index is -0.896. The summed E-state index contributed by atoms with van der Waals surface area (Å²) in [6.45, 7) is 3.60. The molecule has 0 amide bonds. The minimum Gasteiger partial charge on any atom is -0.478 e. The summed E-state index contributed by atoms with van der Waals surface area (Å²) in [5.74, 6) is 1.96. The molecule has 3 unspecified atom stereocenters. The maximum absolute atomic E-state index is 10.8. The van der Waals surface area contributed by atoms with E-state index in [9.17, 15) is 4.79 Å². The summed E-state index contributed by atoms with van der Waals surface area (Å²) < 4.78 is 0. The SMILES string of the molecule is C=C(CSCC1c2ccccc2C2C=CC=CC21)C(=O)O. The molecule has 0 heterocycles. The van der Waals surface area contributed by atoms with Gasteiger partial charge in [-0.3, -0.25) is 0 Å². The number of fused-ring (bicyclic) bond motifs is 3. The Labute approximate surface area is 129 Å². The van der Waals surface area contributed by atoms with Crippen LogP contribution in [0.15, 0.2) is 60.7 Å². The second kappa shape index (κ2) is 5.94. The zero-order valence-corrected chi connectivity index (χ0v) is 12.6. The average molecular weight is 298 g/mol. The Morgan fingerprint density at radius 3 is 2.67 bits per heavy atom. The van der Waals surface area contributed by atoms with Gasteiger partial charge in [0.25, 0.3) is 0 Å². The standard InChI is InChI=1S/C18H18O2S/c1-12(18(19)20)10-21-11-17-15-8-4-2-6-13(15)14-7-3-5-9-16(14)17/h2-9,13,15,17H,1,10-11H2,(H,19,20). The van der Waals surface area contributed by atoms with E-state index in [1.807, 2.05) is 0 Å². The molecule has 1 aromatic carbocycles. The highest BCUT2D eigenvalue weighted by Crippen LogP contribution is 2.50. The molecule has 21 heavy (non-hydrogen) atoms. The molecule has 2 aliphatic carbocycles. The first-order valence-corrected chi connectivity index (χ1v) is 8.26. The largest absolute Gasteiger partial charge is 0.478 e. The number of benzene rings is 1. The second-order valence-electron chi connectivity index (χ2n) is 5.53. The lowest BCUT2D eigenvalue weighted by molar-refractivity contribution is -0.132. The van der Waals surface area contributed by atoms with Gasteiger partial charge in [-0.05, 0) is 17.0 Å². The van der Waals surface area contributed by atoms with E-state index < -0.39 is 5.97 Å². The lowest BCUT2D eigenvalue weighted by Crippen LogP contribution is -2.13. The van der Waals surface area contributed by atoms with Gasteiger partial charge in [-0.1, -0.05) is 55.1 Å². The molecule has 0 bridgehead atoms. The highest BCUT2D eigenvalue weighted by atomic mass is 32.2. The van der Waals surface area contributed by atoms with E-state index in [0.717, 1.165) is 5.75 Å². The van der Waals surface area contributed by atoms with Gasteiger partial charge in [-0.25, -0.2) is 4.79 Å². The third-order valence-corrected chi connectivity index (χ3v) is 5.42. The van der Waals surface area contributed by atoms with Crippen molar-refractivity contribution in [2.24, 2.45) is 5.92 Å². The molecule has 3 heteroatoms. The molecule has 1 N–H and O–H groups in total. The highest BCUT2D eigenvalue weighted by molar-refractivity contribution is 7.99. The molecule has 0 radical (unpaired) electrons. The van der Waals surface area contributed by atoms with Crippen LogP contribution in [0.5, 0.6) is 0 Å². The molecule has 0 saturated carbocycles. The normalized spacial score (nSPS) is 25.4. The Morgan fingerprint density at radius 1 is 1.19 bits per heavy atom. The van der Waals surface area contributed by atoms with E-state index in [2.05, 4.69) is 55.1 Å². The number of hydrogen-bond acceptors (Lipinski definition) is 2. The first kappa shape index (κ1) is 14.2. The van der Waals surface area contributed by atoms with Crippen molar-refractivity contribution in [1.29, 1.82) is 0 Å². The molecule has 1 aromatic rings. The van der Waals surface area contributed by atoms with Crippen LogP contribution in [0.3, 0.4) is 0 Å². The van der Waals surface area contributed by atoms with Crippen LogP contribution in [0, 0.1) is 5.92 Å². The Bertz CT molecular complexity index is 630. The second-order valence-corrected chi connectivity index (χ2v) is 6.56. The van der Waals surface area contributed by atoms with Crippen molar-refractivity contribution in [2.45, 2.75) is 11.8 Å². The van der Waals surface area contributed by atoms with E-state index in [4.69, 9.17) is 5.11 Å². The summed E-state index contributed by atoms with van der Waals surface area (Å²) in [6, 6.07) is 8.63. The summed E-state index contributed by atoms with van der Waals surface area (Å²) in [4.78, 5) is 10.8. The molecule has 0 aromatic heterocycles. The number of hydrogen-bond donors (Lipinski definition) is 1. The molecule has 0 aliphatic heterocycles. The van der Waals surface area contributed by atoms with Crippen molar-refractivity contribution in [3.8, 4) is 0 Å². The lowest BCUT2D eigenvalue weighted by atomic mass is 9.85. The van der Waals surface area contributed by atoms with Crippen LogP contribution in [-0.4, -0.2) is 22.6 Å². The van der Waals surface area contributed by atoms with Crippen molar-refractivity contribution < 1.29 is 9.90 Å². The van der Waals surface area contributed by atoms with E-state index in [0.29, 0.717) is 23.5 Å². The van der Waals surface area contributed by atoms with Crippen molar-refractivity contribution >= 4 is 17.7 Å². The van der Waals surface area contributed by atoms with Gasteiger partial charge in [-0.15, -0.1) is 0 Å². The maximum Gasteiger partial charge on any atom is 0.331 e. The van der Waals surface area contributed by atoms with Crippen LogP contribution in [0.2, 0.25) is 0 Å². The minimum absolute atomic E-state index is 0.280. The van der Waals surface area contributed by atoms with Crippen LogP contribution in [0.4, 0.5) is 0 Å². The monoisotopic (exact) mass is 298 g/mol. The first-order valence-electron chi connectivity index (χ1n) is 7.11. The summed E-state index contributed by atoms with van der Waals surface area (Å²) in [5.41, 5.74) is 3.12. The van der Waals surface area contributed by atoms with Gasteiger partial charge in [0.05, 0.1) is 0 Å². The van der Waals surface area contributed by atoms with Gasteiger partial charge < -0.3 is 5.11 Å². The van der Waals surface area contributed by atoms with Gasteiger partial charge in [-0.2, -0.15) is 11.8 Å². The van der Waals surface area contributed by atoms with E-state index in [1.165, 1.54) is 11.1 Å². The molecule has 0 spiro atoms. The van der Waals surface area contributed by atoms with Crippen molar-refractivity contribution in [2.75, 3.05) is 11.5 Å². The van der Waals surface area contributed by atoms with Crippen LogP contribution in [0.1, 0.15) is 23.0 Å². The number of rotatable bonds is 5. The molecule has 2 aliphatic rings. The topological polar surface area (TPSA) is 37.3 Å². The first-order chi connectivity index (χ1) is 10.2. The van der Waals surface area contributed by atoms with Crippen LogP contribution < -0.4 is 0 Å². The zero-order chi connectivity index (χ0) is 14.8. The van der Waals surface area contributed by atoms with Gasteiger partial charge in [0.1, 0.15) is 0 Å². The molecule has 108 valence electrons. The van der Waals surface area contributed by atoms with Crippen molar-refractivity contribution in [3.63, 3.8) is 0 Å². The van der Waals surface area contributed by atoms with Crippen LogP contribution in [0.25, 0.3) is 0 Å². The predicted octanol–water partition coefficient (Wildman–Crippen LogP) is 3.98. The molecule has 2 nitrogen and oxygen atoms in total. The Kier molecular flexibility index (Phi) is 4.02. The molecule has 0 saturated heterocycles. The summed E-state index contributed by atoms with van der Waals surface area (Å²) in [7, 11) is 0. The number of allylic oxidation sites excluding steroid dienone is 4. The lowest BCUT2D eigenvalue weighted by Gasteiger charge is -2.22. The molecule has 0 fully saturated rings. The Balaban J connectivity index is 1.75. The Hall–Kier alpha value is -1.74. The Morgan fingerprint density at radius 2 is 1.90 bits per heavy atom. The smallest absolute Gasteiger partial charge is 0.331 e. The van der Waals surface area contributed by atoms with Crippen LogP contribution >= 0.6 is 11.8 Å². The summed E-state index contributed by atoms with van der Waals surface area (Å²) in [6.07, 6.45) is 8.83. The molecular weight excluding hydrogens is 280 g/mol. The third-order valence-electron chi connectivity index (χ3n) is 4.27. The van der Waals surface area contributed by atoms with Crippen molar-refractivity contribution in [3.05, 3.63) is 71.8 Å². The van der Waals surface area contributed by atoms with Gasteiger partial charge >= 0.3 is 5.97 Å². The number of carbonyl (C=O) groups is 1. The van der Waals surface area contributed by atoms with E-state index >= 15 is 0 Å². The average Bonchev–Trinajstić information content (AvgIpc) is 2.82. The van der Waals surface area contributed by atoms with Crippen molar-refractivity contribution in [1.82, 2.24) is 0 Å². The predicted molar refractivity (Wildman–Crippen MR) is 87.8 cm³/mol. The van der Waals surface area contributed by atoms with Crippen LogP contribution in [-0.2, 0) is 4.79 Å².